The summed E-state index contributed by atoms with van der Waals surface area (Å²) in [5.41, 5.74) is 5.76. The number of amides is 2. The number of aromatic carboxylic acids is 1. The monoisotopic (exact) mass is 194 g/mol. The molecule has 0 saturated carbocycles. The number of hydrogen-bond donors (Lipinski definition) is 3. The normalized spacial score (nSPS) is 9.43. The Kier molecular flexibility index (Phi) is 3.06. The highest BCUT2D eigenvalue weighted by atomic mass is 16.4. The summed E-state index contributed by atoms with van der Waals surface area (Å²) in [5, 5.41) is 11.0. The Hall–Kier alpha value is -2.04. The van der Waals surface area contributed by atoms with Gasteiger partial charge in [0.2, 0.25) is 0 Å². The molecule has 1 aromatic rings. The lowest BCUT2D eigenvalue weighted by atomic mass is 10.1. The number of nitrogens with one attached hydrogen (secondary N) is 1. The first-order valence-corrected chi connectivity index (χ1v) is 3.95. The molecule has 4 N–H and O–H groups in total. The quantitative estimate of drug-likeness (QED) is 0.656. The molecule has 0 spiro atoms. The number of primary amides is 1. The zero-order chi connectivity index (χ0) is 10.6. The van der Waals surface area contributed by atoms with E-state index in [4.69, 9.17) is 10.8 Å². The SMILES string of the molecule is NC(=O)NCc1cccc(C(=O)O)c1. The van der Waals surface area contributed by atoms with Gasteiger partial charge in [-0.05, 0) is 17.7 Å². The summed E-state index contributed by atoms with van der Waals surface area (Å²) in [4.78, 5) is 21.0. The van der Waals surface area contributed by atoms with E-state index >= 15 is 0 Å². The fraction of sp³-hybridized carbons (Fsp3) is 0.111. The second-order valence-corrected chi connectivity index (χ2v) is 2.72. The van der Waals surface area contributed by atoms with Crippen LogP contribution < -0.4 is 11.1 Å². The van der Waals surface area contributed by atoms with E-state index in [1.807, 2.05) is 0 Å². The van der Waals surface area contributed by atoms with Crippen molar-refractivity contribution in [2.45, 2.75) is 6.54 Å². The van der Waals surface area contributed by atoms with Gasteiger partial charge in [-0.2, -0.15) is 0 Å². The van der Waals surface area contributed by atoms with Crippen molar-refractivity contribution in [1.82, 2.24) is 5.32 Å². The minimum Gasteiger partial charge on any atom is -0.478 e. The maximum Gasteiger partial charge on any atom is 0.335 e. The maximum atomic E-state index is 10.6. The van der Waals surface area contributed by atoms with Crippen LogP contribution in [-0.2, 0) is 6.54 Å². The molecule has 0 aliphatic heterocycles. The van der Waals surface area contributed by atoms with Crippen LogP contribution in [0.3, 0.4) is 0 Å². The Morgan fingerprint density at radius 2 is 2.14 bits per heavy atom. The van der Waals surface area contributed by atoms with Crippen molar-refractivity contribution in [1.29, 1.82) is 0 Å². The molecule has 74 valence electrons. The van der Waals surface area contributed by atoms with Gasteiger partial charge in [0.25, 0.3) is 0 Å². The molecule has 0 aliphatic carbocycles. The summed E-state index contributed by atoms with van der Waals surface area (Å²) in [6, 6.07) is 5.66. The fourth-order valence-electron chi connectivity index (χ4n) is 1.00. The summed E-state index contributed by atoms with van der Waals surface area (Å²) < 4.78 is 0. The van der Waals surface area contributed by atoms with Crippen molar-refractivity contribution in [2.24, 2.45) is 5.73 Å². The average molecular weight is 194 g/mol. The predicted octanol–water partition coefficient (Wildman–Crippen LogP) is 0.553. The number of carbonyl (C=O) groups is 2. The molecule has 0 aromatic heterocycles. The van der Waals surface area contributed by atoms with Crippen molar-refractivity contribution in [2.75, 3.05) is 0 Å². The van der Waals surface area contributed by atoms with Gasteiger partial charge in [-0.15, -0.1) is 0 Å². The van der Waals surface area contributed by atoms with Gasteiger partial charge < -0.3 is 16.2 Å². The van der Waals surface area contributed by atoms with Crippen molar-refractivity contribution in [3.8, 4) is 0 Å². The highest BCUT2D eigenvalue weighted by Gasteiger charge is 2.02. The molecule has 0 unspecified atom stereocenters. The predicted molar refractivity (Wildman–Crippen MR) is 49.8 cm³/mol. The van der Waals surface area contributed by atoms with Crippen molar-refractivity contribution < 1.29 is 14.7 Å². The molecule has 0 atom stereocenters. The third kappa shape index (κ3) is 2.78. The van der Waals surface area contributed by atoms with Crippen molar-refractivity contribution >= 4 is 12.0 Å². The molecule has 14 heavy (non-hydrogen) atoms. The van der Waals surface area contributed by atoms with E-state index in [2.05, 4.69) is 5.32 Å². The van der Waals surface area contributed by atoms with Crippen molar-refractivity contribution in [3.05, 3.63) is 35.4 Å². The van der Waals surface area contributed by atoms with Crippen LogP contribution in [0.15, 0.2) is 24.3 Å². The Morgan fingerprint density at radius 3 is 2.71 bits per heavy atom. The Bertz CT molecular complexity index is 363. The van der Waals surface area contributed by atoms with Gasteiger partial charge in [-0.3, -0.25) is 0 Å². The molecular weight excluding hydrogens is 184 g/mol. The van der Waals surface area contributed by atoms with Gasteiger partial charge >= 0.3 is 12.0 Å². The number of carbonyl (C=O) groups excluding carboxylic acids is 1. The van der Waals surface area contributed by atoms with Crippen LogP contribution in [0.4, 0.5) is 4.79 Å². The molecule has 1 aromatic carbocycles. The van der Waals surface area contributed by atoms with Crippen LogP contribution in [0.2, 0.25) is 0 Å². The van der Waals surface area contributed by atoms with E-state index in [1.165, 1.54) is 12.1 Å². The van der Waals surface area contributed by atoms with Gasteiger partial charge in [-0.1, -0.05) is 12.1 Å². The highest BCUT2D eigenvalue weighted by Crippen LogP contribution is 2.04. The van der Waals surface area contributed by atoms with E-state index in [0.717, 1.165) is 0 Å². The topological polar surface area (TPSA) is 92.4 Å². The molecule has 0 saturated heterocycles. The van der Waals surface area contributed by atoms with E-state index in [-0.39, 0.29) is 12.1 Å². The first-order valence-electron chi connectivity index (χ1n) is 3.95. The summed E-state index contributed by atoms with van der Waals surface area (Å²) in [6.45, 7) is 0.233. The molecule has 0 aliphatic rings. The first-order chi connectivity index (χ1) is 6.59. The van der Waals surface area contributed by atoms with E-state index in [9.17, 15) is 9.59 Å². The molecule has 0 bridgehead atoms. The van der Waals surface area contributed by atoms with Crippen LogP contribution in [-0.4, -0.2) is 17.1 Å². The van der Waals surface area contributed by atoms with Gasteiger partial charge in [0, 0.05) is 6.54 Å². The number of rotatable bonds is 3. The molecule has 0 fully saturated rings. The lowest BCUT2D eigenvalue weighted by molar-refractivity contribution is 0.0696. The number of carboxylic acids is 1. The summed E-state index contributed by atoms with van der Waals surface area (Å²) in [6.07, 6.45) is 0. The largest absolute Gasteiger partial charge is 0.478 e. The van der Waals surface area contributed by atoms with Crippen LogP contribution in [0.1, 0.15) is 15.9 Å². The first kappa shape index (κ1) is 10.0. The van der Waals surface area contributed by atoms with Crippen molar-refractivity contribution in [3.63, 3.8) is 0 Å². The van der Waals surface area contributed by atoms with E-state index in [1.54, 1.807) is 12.1 Å². The average Bonchev–Trinajstić information content (AvgIpc) is 2.15. The minimum atomic E-state index is -0.995. The molecule has 1 rings (SSSR count). The Labute approximate surface area is 80.5 Å². The molecular formula is C9H10N2O3. The standard InChI is InChI=1S/C9H10N2O3/c10-9(14)11-5-6-2-1-3-7(4-6)8(12)13/h1-4H,5H2,(H,12,13)(H3,10,11,14). The van der Waals surface area contributed by atoms with Crippen LogP contribution in [0.25, 0.3) is 0 Å². The number of nitrogens with two attached hydrogens (primary N) is 1. The Balaban J connectivity index is 2.73. The lowest BCUT2D eigenvalue weighted by Crippen LogP contribution is -2.28. The summed E-state index contributed by atoms with van der Waals surface area (Å²) in [7, 11) is 0. The third-order valence-electron chi connectivity index (χ3n) is 1.64. The lowest BCUT2D eigenvalue weighted by Gasteiger charge is -2.02. The molecule has 5 nitrogen and oxygen atoms in total. The molecule has 2 amide bonds. The highest BCUT2D eigenvalue weighted by molar-refractivity contribution is 5.87. The van der Waals surface area contributed by atoms with Gasteiger partial charge in [0.05, 0.1) is 5.56 Å². The number of carboxylic acid groups (broad SMARTS) is 1. The maximum absolute atomic E-state index is 10.6. The van der Waals surface area contributed by atoms with Crippen LogP contribution in [0.5, 0.6) is 0 Å². The zero-order valence-corrected chi connectivity index (χ0v) is 7.36. The van der Waals surface area contributed by atoms with Crippen LogP contribution >= 0.6 is 0 Å². The Morgan fingerprint density at radius 1 is 1.43 bits per heavy atom. The fourth-order valence-corrected chi connectivity index (χ4v) is 1.00. The molecule has 0 radical (unpaired) electrons. The minimum absolute atomic E-state index is 0.189. The number of benzene rings is 1. The van der Waals surface area contributed by atoms with Gasteiger partial charge in [-0.25, -0.2) is 9.59 Å². The number of urea groups is 1. The summed E-state index contributed by atoms with van der Waals surface area (Å²) >= 11 is 0. The second kappa shape index (κ2) is 4.27. The number of hydrogen-bond acceptors (Lipinski definition) is 2. The van der Waals surface area contributed by atoms with Gasteiger partial charge in [0.15, 0.2) is 0 Å². The smallest absolute Gasteiger partial charge is 0.335 e. The van der Waals surface area contributed by atoms with Gasteiger partial charge in [0.1, 0.15) is 0 Å². The second-order valence-electron chi connectivity index (χ2n) is 2.72. The zero-order valence-electron chi connectivity index (χ0n) is 7.36. The molecule has 0 heterocycles. The van der Waals surface area contributed by atoms with E-state index < -0.39 is 12.0 Å². The van der Waals surface area contributed by atoms with Crippen LogP contribution in [0, 0.1) is 0 Å². The molecule has 5 heteroatoms. The third-order valence-corrected chi connectivity index (χ3v) is 1.64. The van der Waals surface area contributed by atoms with E-state index in [0.29, 0.717) is 5.56 Å². The summed E-state index contributed by atoms with van der Waals surface area (Å²) in [5.74, 6) is -0.995.